The lowest BCUT2D eigenvalue weighted by Gasteiger charge is -2.31. The maximum atomic E-state index is 11.1. The minimum atomic E-state index is -0.730. The van der Waals surface area contributed by atoms with E-state index in [1.807, 2.05) is 13.8 Å². The van der Waals surface area contributed by atoms with Crippen LogP contribution in [0.2, 0.25) is 0 Å². The van der Waals surface area contributed by atoms with Crippen LogP contribution in [0.4, 0.5) is 0 Å². The van der Waals surface area contributed by atoms with E-state index in [-0.39, 0.29) is 0 Å². The Hall–Kier alpha value is -0.610. The highest BCUT2D eigenvalue weighted by Gasteiger charge is 2.42. The summed E-state index contributed by atoms with van der Waals surface area (Å²) in [6.07, 6.45) is 2.10. The molecule has 1 fully saturated rings. The Balaban J connectivity index is 2.57. The molecule has 0 amide bonds. The van der Waals surface area contributed by atoms with E-state index >= 15 is 0 Å². The average Bonchev–Trinajstić information content (AvgIpc) is 2.61. The van der Waals surface area contributed by atoms with Gasteiger partial charge in [-0.2, -0.15) is 0 Å². The van der Waals surface area contributed by atoms with E-state index in [0.29, 0.717) is 32.4 Å². The number of hydrogen-bond donors (Lipinski definition) is 2. The van der Waals surface area contributed by atoms with Gasteiger partial charge in [0.2, 0.25) is 0 Å². The zero-order valence-corrected chi connectivity index (χ0v) is 10.5. The largest absolute Gasteiger partial charge is 0.481 e. The highest BCUT2D eigenvalue weighted by Crippen LogP contribution is 2.31. The minimum Gasteiger partial charge on any atom is -0.481 e. The summed E-state index contributed by atoms with van der Waals surface area (Å²) in [4.78, 5) is 13.2. The van der Waals surface area contributed by atoms with Crippen LogP contribution in [0.25, 0.3) is 0 Å². The van der Waals surface area contributed by atoms with Gasteiger partial charge in [0.1, 0.15) is 0 Å². The van der Waals surface area contributed by atoms with Gasteiger partial charge in [-0.25, -0.2) is 0 Å². The predicted molar refractivity (Wildman–Crippen MR) is 62.3 cm³/mol. The first-order chi connectivity index (χ1) is 7.35. The Morgan fingerprint density at radius 1 is 1.44 bits per heavy atom. The Kier molecular flexibility index (Phi) is 3.97. The fourth-order valence-electron chi connectivity index (χ4n) is 2.26. The van der Waals surface area contributed by atoms with Crippen molar-refractivity contribution >= 4 is 5.97 Å². The van der Waals surface area contributed by atoms with Crippen LogP contribution in [-0.4, -0.2) is 46.3 Å². The highest BCUT2D eigenvalue weighted by molar-refractivity contribution is 5.74. The van der Waals surface area contributed by atoms with Crippen molar-refractivity contribution in [3.05, 3.63) is 0 Å². The monoisotopic (exact) mass is 229 g/mol. The zero-order valence-electron chi connectivity index (χ0n) is 10.5. The van der Waals surface area contributed by atoms with E-state index < -0.39 is 17.0 Å². The molecule has 1 atom stereocenters. The summed E-state index contributed by atoms with van der Waals surface area (Å²) >= 11 is 0. The predicted octanol–water partition coefficient (Wildman–Crippen LogP) is 1.33. The molecule has 0 aromatic rings. The van der Waals surface area contributed by atoms with Gasteiger partial charge < -0.3 is 10.2 Å². The molecule has 94 valence electrons. The van der Waals surface area contributed by atoms with Gasteiger partial charge in [-0.05, 0) is 32.7 Å². The van der Waals surface area contributed by atoms with Gasteiger partial charge in [-0.1, -0.05) is 13.8 Å². The van der Waals surface area contributed by atoms with Gasteiger partial charge in [-0.3, -0.25) is 9.69 Å². The van der Waals surface area contributed by atoms with Crippen LogP contribution in [0, 0.1) is 5.41 Å². The van der Waals surface area contributed by atoms with Crippen molar-refractivity contribution in [2.24, 2.45) is 5.41 Å². The summed E-state index contributed by atoms with van der Waals surface area (Å²) in [5.41, 5.74) is -1.30. The summed E-state index contributed by atoms with van der Waals surface area (Å²) in [6.45, 7) is 7.62. The topological polar surface area (TPSA) is 60.8 Å². The van der Waals surface area contributed by atoms with Gasteiger partial charge in [-0.15, -0.1) is 0 Å². The lowest BCUT2D eigenvalue weighted by atomic mass is 9.90. The molecule has 1 unspecified atom stereocenters. The fraction of sp³-hybridized carbons (Fsp3) is 0.917. The third kappa shape index (κ3) is 2.74. The smallest absolute Gasteiger partial charge is 0.310 e. The number of nitrogens with zero attached hydrogens (tertiary/aromatic N) is 1. The third-order valence-corrected chi connectivity index (χ3v) is 3.90. The molecule has 0 aliphatic carbocycles. The van der Waals surface area contributed by atoms with Gasteiger partial charge in [0.05, 0.1) is 11.0 Å². The number of carboxylic acid groups (broad SMARTS) is 1. The quantitative estimate of drug-likeness (QED) is 0.746. The molecule has 1 heterocycles. The maximum Gasteiger partial charge on any atom is 0.310 e. The molecule has 0 radical (unpaired) electrons. The highest BCUT2D eigenvalue weighted by atomic mass is 16.4. The van der Waals surface area contributed by atoms with Crippen LogP contribution in [0.5, 0.6) is 0 Å². The van der Waals surface area contributed by atoms with E-state index in [1.165, 1.54) is 0 Å². The SMILES string of the molecule is CCC(O)(CC)CN1CCC(C)(C(=O)O)C1. The maximum absolute atomic E-state index is 11.1. The molecule has 0 aromatic carbocycles. The second-order valence-corrected chi connectivity index (χ2v) is 5.26. The van der Waals surface area contributed by atoms with E-state index in [9.17, 15) is 9.90 Å². The summed E-state index contributed by atoms with van der Waals surface area (Å²) in [5, 5.41) is 19.3. The van der Waals surface area contributed by atoms with Crippen molar-refractivity contribution < 1.29 is 15.0 Å². The molecular weight excluding hydrogens is 206 g/mol. The Morgan fingerprint density at radius 2 is 2.00 bits per heavy atom. The standard InChI is InChI=1S/C12H23NO3/c1-4-12(16,5-2)9-13-7-6-11(3,8-13)10(14)15/h16H,4-9H2,1-3H3,(H,14,15). The van der Waals surface area contributed by atoms with Crippen LogP contribution in [-0.2, 0) is 4.79 Å². The number of likely N-dealkylation sites (tertiary alicyclic amines) is 1. The van der Waals surface area contributed by atoms with Crippen LogP contribution in [0.3, 0.4) is 0 Å². The minimum absolute atomic E-state index is 0.546. The summed E-state index contributed by atoms with van der Waals surface area (Å²) in [6, 6.07) is 0. The molecule has 0 bridgehead atoms. The lowest BCUT2D eigenvalue weighted by molar-refractivity contribution is -0.147. The normalized spacial score (nSPS) is 27.2. The Labute approximate surface area is 97.3 Å². The molecule has 2 N–H and O–H groups in total. The summed E-state index contributed by atoms with van der Waals surface area (Å²) < 4.78 is 0. The first kappa shape index (κ1) is 13.5. The second kappa shape index (κ2) is 4.72. The van der Waals surface area contributed by atoms with Crippen LogP contribution in [0.15, 0.2) is 0 Å². The summed E-state index contributed by atoms with van der Waals surface area (Å²) in [7, 11) is 0. The van der Waals surface area contributed by atoms with Gasteiger partial charge in [0, 0.05) is 13.1 Å². The average molecular weight is 229 g/mol. The zero-order chi connectivity index (χ0) is 12.4. The van der Waals surface area contributed by atoms with Gasteiger partial charge in [0.15, 0.2) is 0 Å². The number of aliphatic hydroxyl groups is 1. The molecule has 0 spiro atoms. The summed E-state index contributed by atoms with van der Waals surface area (Å²) in [5.74, 6) is -0.730. The van der Waals surface area contributed by atoms with Gasteiger partial charge in [0.25, 0.3) is 0 Å². The number of carboxylic acids is 1. The molecule has 4 heteroatoms. The van der Waals surface area contributed by atoms with Gasteiger partial charge >= 0.3 is 5.97 Å². The van der Waals surface area contributed by atoms with Crippen LogP contribution >= 0.6 is 0 Å². The molecular formula is C12H23NO3. The molecule has 1 aliphatic heterocycles. The van der Waals surface area contributed by atoms with E-state index in [2.05, 4.69) is 4.90 Å². The molecule has 16 heavy (non-hydrogen) atoms. The fourth-order valence-corrected chi connectivity index (χ4v) is 2.26. The second-order valence-electron chi connectivity index (χ2n) is 5.26. The first-order valence-corrected chi connectivity index (χ1v) is 6.03. The van der Waals surface area contributed by atoms with E-state index in [0.717, 1.165) is 6.54 Å². The van der Waals surface area contributed by atoms with E-state index in [4.69, 9.17) is 5.11 Å². The van der Waals surface area contributed by atoms with Crippen molar-refractivity contribution in [1.82, 2.24) is 4.90 Å². The molecule has 1 aliphatic rings. The molecule has 4 nitrogen and oxygen atoms in total. The van der Waals surface area contributed by atoms with Crippen LogP contribution < -0.4 is 0 Å². The first-order valence-electron chi connectivity index (χ1n) is 6.03. The molecule has 0 saturated carbocycles. The van der Waals surface area contributed by atoms with Crippen LogP contribution in [0.1, 0.15) is 40.0 Å². The molecule has 0 aromatic heterocycles. The van der Waals surface area contributed by atoms with Crippen molar-refractivity contribution in [3.8, 4) is 0 Å². The number of carbonyl (C=O) groups is 1. The van der Waals surface area contributed by atoms with Crippen molar-refractivity contribution in [2.75, 3.05) is 19.6 Å². The number of rotatable bonds is 5. The van der Waals surface area contributed by atoms with Crippen molar-refractivity contribution in [3.63, 3.8) is 0 Å². The molecule has 1 saturated heterocycles. The number of aliphatic carboxylic acids is 1. The van der Waals surface area contributed by atoms with Crippen molar-refractivity contribution in [1.29, 1.82) is 0 Å². The number of β-amino-alcohol motifs (C(OH)–C–C–N with tert-alkyl or cyclic N) is 1. The third-order valence-electron chi connectivity index (χ3n) is 3.90. The lowest BCUT2D eigenvalue weighted by Crippen LogP contribution is -2.42. The van der Waals surface area contributed by atoms with E-state index in [1.54, 1.807) is 6.92 Å². The Morgan fingerprint density at radius 3 is 2.38 bits per heavy atom. The van der Waals surface area contributed by atoms with Crippen molar-refractivity contribution in [2.45, 2.75) is 45.6 Å². The Bertz CT molecular complexity index is 263. The number of hydrogen-bond acceptors (Lipinski definition) is 3. The molecule has 1 rings (SSSR count).